The number of carbonyl (C=O) groups is 2. The molecule has 5 rings (SSSR count). The van der Waals surface area contributed by atoms with E-state index >= 15 is 0 Å². The van der Waals surface area contributed by atoms with E-state index in [-0.39, 0.29) is 30.9 Å². The molecule has 0 spiro atoms. The Balaban J connectivity index is 1.23. The molecular weight excluding hydrogens is 508 g/mol. The van der Waals surface area contributed by atoms with Crippen molar-refractivity contribution in [2.75, 3.05) is 6.79 Å². The van der Waals surface area contributed by atoms with Gasteiger partial charge in [0.2, 0.25) is 6.79 Å². The first-order chi connectivity index (χ1) is 17.4. The van der Waals surface area contributed by atoms with Gasteiger partial charge in [0.25, 0.3) is 16.8 Å². The average Bonchev–Trinajstić information content (AvgIpc) is 3.43. The summed E-state index contributed by atoms with van der Waals surface area (Å²) in [5.41, 5.74) is 2.12. The minimum absolute atomic E-state index is 0.0199. The van der Waals surface area contributed by atoms with Gasteiger partial charge < -0.3 is 14.2 Å². The van der Waals surface area contributed by atoms with Gasteiger partial charge in [-0.1, -0.05) is 23.7 Å². The summed E-state index contributed by atoms with van der Waals surface area (Å²) in [6, 6.07) is 16.4. The van der Waals surface area contributed by atoms with Crippen molar-refractivity contribution in [2.24, 2.45) is 0 Å². The number of nitrogens with zero attached hydrogens (tertiary/aromatic N) is 2. The molecule has 3 aromatic rings. The van der Waals surface area contributed by atoms with Gasteiger partial charge in [-0.3, -0.25) is 24.6 Å². The average molecular weight is 525 g/mol. The van der Waals surface area contributed by atoms with Crippen LogP contribution in [0.5, 0.6) is 17.2 Å². The maximum Gasteiger partial charge on any atom is 0.293 e. The van der Waals surface area contributed by atoms with E-state index in [1.165, 1.54) is 12.1 Å². The van der Waals surface area contributed by atoms with Crippen LogP contribution in [0.1, 0.15) is 16.7 Å². The second kappa shape index (κ2) is 9.92. The van der Waals surface area contributed by atoms with Crippen molar-refractivity contribution in [2.45, 2.75) is 13.2 Å². The zero-order valence-corrected chi connectivity index (χ0v) is 20.1. The largest absolute Gasteiger partial charge is 0.489 e. The normalized spacial score (nSPS) is 15.6. The first-order valence-corrected chi connectivity index (χ1v) is 11.9. The number of rotatable bonds is 7. The van der Waals surface area contributed by atoms with Gasteiger partial charge in [0, 0.05) is 23.2 Å². The maximum absolute atomic E-state index is 12.9. The third-order valence-corrected chi connectivity index (χ3v) is 6.73. The number of hydrogen-bond donors (Lipinski definition) is 0. The highest BCUT2D eigenvalue weighted by atomic mass is 35.5. The van der Waals surface area contributed by atoms with Crippen molar-refractivity contribution in [3.05, 3.63) is 97.4 Å². The quantitative estimate of drug-likeness (QED) is 0.217. The molecule has 182 valence electrons. The van der Waals surface area contributed by atoms with Crippen LogP contribution in [0, 0.1) is 10.1 Å². The van der Waals surface area contributed by atoms with Gasteiger partial charge in [-0.2, -0.15) is 0 Å². The molecule has 2 heterocycles. The number of ether oxygens (including phenoxy) is 3. The van der Waals surface area contributed by atoms with E-state index in [1.54, 1.807) is 54.6 Å². The summed E-state index contributed by atoms with van der Waals surface area (Å²) in [4.78, 5) is 37.2. The molecule has 0 bridgehead atoms. The Morgan fingerprint density at radius 2 is 1.75 bits per heavy atom. The van der Waals surface area contributed by atoms with Gasteiger partial charge in [0.15, 0.2) is 11.5 Å². The highest BCUT2D eigenvalue weighted by Crippen LogP contribution is 2.39. The molecule has 9 nitrogen and oxygen atoms in total. The van der Waals surface area contributed by atoms with Crippen molar-refractivity contribution in [1.29, 1.82) is 0 Å². The molecule has 11 heteroatoms. The Kier molecular flexibility index (Phi) is 6.53. The number of imide groups is 1. The van der Waals surface area contributed by atoms with E-state index < -0.39 is 10.8 Å². The Morgan fingerprint density at radius 1 is 1.06 bits per heavy atom. The van der Waals surface area contributed by atoms with Crippen LogP contribution in [-0.4, -0.2) is 27.8 Å². The number of non-ortho nitro benzene ring substituents is 1. The zero-order valence-electron chi connectivity index (χ0n) is 18.5. The van der Waals surface area contributed by atoms with Crippen LogP contribution >= 0.6 is 23.4 Å². The SMILES string of the molecule is O=C1S/C(=C/c2ccc(OCc3ccc([N+](=O)[O-])cc3)cc2)C(=O)N1Cc1cc2c(cc1Cl)OCO2. The van der Waals surface area contributed by atoms with Gasteiger partial charge in [-0.25, -0.2) is 0 Å². The van der Waals surface area contributed by atoms with Crippen LogP contribution in [0.25, 0.3) is 6.08 Å². The third kappa shape index (κ3) is 5.00. The van der Waals surface area contributed by atoms with Crippen LogP contribution in [0.15, 0.2) is 65.6 Å². The number of nitro groups is 1. The number of nitro benzene ring substituents is 1. The van der Waals surface area contributed by atoms with Crippen molar-refractivity contribution < 1.29 is 28.7 Å². The van der Waals surface area contributed by atoms with Crippen LogP contribution in [0.3, 0.4) is 0 Å². The highest BCUT2D eigenvalue weighted by molar-refractivity contribution is 8.18. The van der Waals surface area contributed by atoms with E-state index in [4.69, 9.17) is 25.8 Å². The van der Waals surface area contributed by atoms with Crippen LogP contribution in [0.4, 0.5) is 10.5 Å². The van der Waals surface area contributed by atoms with E-state index in [2.05, 4.69) is 0 Å². The number of fused-ring (bicyclic) bond motifs is 1. The second-order valence-corrected chi connectivity index (χ2v) is 9.25. The molecule has 0 aliphatic carbocycles. The molecule has 2 amide bonds. The summed E-state index contributed by atoms with van der Waals surface area (Å²) in [6.07, 6.45) is 1.65. The number of amides is 2. The molecule has 0 unspecified atom stereocenters. The minimum Gasteiger partial charge on any atom is -0.489 e. The zero-order chi connectivity index (χ0) is 25.2. The number of benzene rings is 3. The molecule has 3 aromatic carbocycles. The van der Waals surface area contributed by atoms with Gasteiger partial charge >= 0.3 is 0 Å². The predicted molar refractivity (Wildman–Crippen MR) is 133 cm³/mol. The Bertz CT molecular complexity index is 1390. The maximum atomic E-state index is 12.9. The van der Waals surface area contributed by atoms with Crippen LogP contribution in [0.2, 0.25) is 5.02 Å². The van der Waals surface area contributed by atoms with Crippen molar-refractivity contribution in [3.8, 4) is 17.2 Å². The van der Waals surface area contributed by atoms with Crippen molar-refractivity contribution in [1.82, 2.24) is 4.90 Å². The van der Waals surface area contributed by atoms with Gasteiger partial charge in [0.1, 0.15) is 12.4 Å². The first-order valence-electron chi connectivity index (χ1n) is 10.7. The van der Waals surface area contributed by atoms with Crippen molar-refractivity contribution in [3.63, 3.8) is 0 Å². The fourth-order valence-electron chi connectivity index (χ4n) is 3.58. The standard InChI is InChI=1S/C25H17ClN2O7S/c26-20-11-22-21(34-14-35-22)10-17(20)12-27-24(29)23(36-25(27)30)9-15-3-7-19(8-4-15)33-13-16-1-5-18(6-2-16)28(31)32/h1-11H,12-14H2/b23-9+. The lowest BCUT2D eigenvalue weighted by atomic mass is 10.1. The predicted octanol–water partition coefficient (Wildman–Crippen LogP) is 5.79. The fraction of sp³-hybridized carbons (Fsp3) is 0.120. The number of carbonyl (C=O) groups excluding carboxylic acids is 2. The summed E-state index contributed by atoms with van der Waals surface area (Å²) in [5.74, 6) is 1.24. The highest BCUT2D eigenvalue weighted by Gasteiger charge is 2.35. The van der Waals surface area contributed by atoms with Crippen LogP contribution < -0.4 is 14.2 Å². The van der Waals surface area contributed by atoms with E-state index in [9.17, 15) is 19.7 Å². The Hall–Kier alpha value is -4.02. The molecule has 0 radical (unpaired) electrons. The monoisotopic (exact) mass is 524 g/mol. The lowest BCUT2D eigenvalue weighted by Gasteiger charge is -2.14. The molecule has 2 aliphatic heterocycles. The minimum atomic E-state index is -0.454. The summed E-state index contributed by atoms with van der Waals surface area (Å²) in [6.45, 7) is 0.367. The molecular formula is C25H17ClN2O7S. The summed E-state index contributed by atoms with van der Waals surface area (Å²) < 4.78 is 16.4. The molecule has 0 saturated carbocycles. The molecule has 1 saturated heterocycles. The number of halogens is 1. The Labute approximate surface area is 214 Å². The van der Waals surface area contributed by atoms with Crippen molar-refractivity contribution >= 4 is 46.3 Å². The molecule has 0 N–H and O–H groups in total. The van der Waals surface area contributed by atoms with Gasteiger partial charge in [-0.15, -0.1) is 0 Å². The number of hydrogen-bond acceptors (Lipinski definition) is 8. The Morgan fingerprint density at radius 3 is 2.44 bits per heavy atom. The second-order valence-electron chi connectivity index (χ2n) is 7.85. The summed E-state index contributed by atoms with van der Waals surface area (Å²) in [5, 5.41) is 10.7. The van der Waals surface area contributed by atoms with E-state index in [1.807, 2.05) is 0 Å². The van der Waals surface area contributed by atoms with Gasteiger partial charge in [0.05, 0.1) is 16.4 Å². The molecule has 2 aliphatic rings. The third-order valence-electron chi connectivity index (χ3n) is 5.47. The number of thioether (sulfide) groups is 1. The molecule has 36 heavy (non-hydrogen) atoms. The summed E-state index contributed by atoms with van der Waals surface area (Å²) in [7, 11) is 0. The smallest absolute Gasteiger partial charge is 0.293 e. The molecule has 1 fully saturated rings. The first kappa shape index (κ1) is 23.7. The lowest BCUT2D eigenvalue weighted by molar-refractivity contribution is -0.384. The fourth-order valence-corrected chi connectivity index (χ4v) is 4.63. The van der Waals surface area contributed by atoms with Gasteiger partial charge in [-0.05, 0) is 64.9 Å². The summed E-state index contributed by atoms with van der Waals surface area (Å²) >= 11 is 7.16. The van der Waals surface area contributed by atoms with E-state index in [0.29, 0.717) is 32.7 Å². The van der Waals surface area contributed by atoms with Crippen LogP contribution in [-0.2, 0) is 17.9 Å². The van der Waals surface area contributed by atoms with E-state index in [0.717, 1.165) is 27.8 Å². The molecule has 0 aromatic heterocycles. The molecule has 0 atom stereocenters. The lowest BCUT2D eigenvalue weighted by Crippen LogP contribution is -2.27. The topological polar surface area (TPSA) is 108 Å².